The van der Waals surface area contributed by atoms with Gasteiger partial charge in [-0.25, -0.2) is 4.39 Å². The molecule has 0 unspecified atom stereocenters. The molecule has 0 fully saturated rings. The normalized spacial score (nSPS) is 10.9. The van der Waals surface area contributed by atoms with E-state index in [-0.39, 0.29) is 28.4 Å². The molecule has 116 valence electrons. The summed E-state index contributed by atoms with van der Waals surface area (Å²) in [5.74, 6) is -0.511. The third-order valence-corrected chi connectivity index (χ3v) is 3.92. The smallest absolute Gasteiger partial charge is 0.270 e. The van der Waals surface area contributed by atoms with Crippen molar-refractivity contribution in [3.63, 3.8) is 0 Å². The van der Waals surface area contributed by atoms with Crippen LogP contribution in [0.3, 0.4) is 0 Å². The summed E-state index contributed by atoms with van der Waals surface area (Å²) in [5.41, 5.74) is 0.252. The Labute approximate surface area is 134 Å². The fraction of sp³-hybridized carbons (Fsp3) is 0.0625. The molecule has 0 radical (unpaired) electrons. The van der Waals surface area contributed by atoms with Crippen molar-refractivity contribution in [2.45, 2.75) is 6.54 Å². The Kier molecular flexibility index (Phi) is 3.83. The summed E-state index contributed by atoms with van der Waals surface area (Å²) in [4.78, 5) is 22.5. The number of benzene rings is 2. The topological polar surface area (TPSA) is 65.1 Å². The summed E-state index contributed by atoms with van der Waals surface area (Å²) >= 11 is 6.01. The number of pyridine rings is 1. The highest BCUT2D eigenvalue weighted by Gasteiger charge is 2.13. The lowest BCUT2D eigenvalue weighted by atomic mass is 10.1. The van der Waals surface area contributed by atoms with Gasteiger partial charge in [-0.1, -0.05) is 17.7 Å². The number of rotatable bonds is 3. The van der Waals surface area contributed by atoms with E-state index in [0.717, 1.165) is 0 Å². The average molecular weight is 333 g/mol. The van der Waals surface area contributed by atoms with Gasteiger partial charge in [0.1, 0.15) is 5.82 Å². The van der Waals surface area contributed by atoms with E-state index in [1.54, 1.807) is 6.07 Å². The quantitative estimate of drug-likeness (QED) is 0.542. The fourth-order valence-corrected chi connectivity index (χ4v) is 2.63. The van der Waals surface area contributed by atoms with Gasteiger partial charge in [-0.2, -0.15) is 0 Å². The van der Waals surface area contributed by atoms with Crippen LogP contribution in [-0.2, 0) is 6.54 Å². The van der Waals surface area contributed by atoms with Gasteiger partial charge in [0, 0.05) is 34.2 Å². The van der Waals surface area contributed by atoms with Gasteiger partial charge in [0.05, 0.1) is 17.0 Å². The Morgan fingerprint density at radius 3 is 2.65 bits per heavy atom. The monoisotopic (exact) mass is 332 g/mol. The number of nitro groups is 1. The van der Waals surface area contributed by atoms with Crippen LogP contribution in [0, 0.1) is 15.9 Å². The molecule has 23 heavy (non-hydrogen) atoms. The second-order valence-corrected chi connectivity index (χ2v) is 5.37. The molecule has 0 N–H and O–H groups in total. The zero-order valence-electron chi connectivity index (χ0n) is 11.7. The highest BCUT2D eigenvalue weighted by Crippen LogP contribution is 2.23. The van der Waals surface area contributed by atoms with Crippen molar-refractivity contribution in [1.29, 1.82) is 0 Å². The van der Waals surface area contributed by atoms with Crippen LogP contribution in [0.1, 0.15) is 5.56 Å². The van der Waals surface area contributed by atoms with E-state index in [1.807, 2.05) is 0 Å². The summed E-state index contributed by atoms with van der Waals surface area (Å²) in [6.45, 7) is -0.0561. The predicted octanol–water partition coefficient (Wildman–Crippen LogP) is 3.75. The highest BCUT2D eigenvalue weighted by molar-refractivity contribution is 6.31. The molecule has 3 rings (SSSR count). The van der Waals surface area contributed by atoms with E-state index in [1.165, 1.54) is 47.0 Å². The number of fused-ring (bicyclic) bond motifs is 1. The molecular weight excluding hydrogens is 323 g/mol. The van der Waals surface area contributed by atoms with Crippen molar-refractivity contribution in [2.24, 2.45) is 0 Å². The van der Waals surface area contributed by atoms with Crippen LogP contribution >= 0.6 is 11.6 Å². The molecule has 2 aromatic carbocycles. The molecule has 0 amide bonds. The first-order valence-corrected chi connectivity index (χ1v) is 7.06. The van der Waals surface area contributed by atoms with Crippen molar-refractivity contribution in [3.05, 3.63) is 85.4 Å². The van der Waals surface area contributed by atoms with Crippen LogP contribution in [0.5, 0.6) is 0 Å². The minimum Gasteiger partial charge on any atom is -0.304 e. The van der Waals surface area contributed by atoms with E-state index in [9.17, 15) is 19.3 Å². The zero-order chi connectivity index (χ0) is 16.6. The Morgan fingerprint density at radius 1 is 1.17 bits per heavy atom. The Bertz CT molecular complexity index is 964. The van der Waals surface area contributed by atoms with Crippen molar-refractivity contribution < 1.29 is 9.31 Å². The van der Waals surface area contributed by atoms with Crippen molar-refractivity contribution in [2.75, 3.05) is 0 Å². The zero-order valence-corrected chi connectivity index (χ0v) is 12.5. The molecule has 5 nitrogen and oxygen atoms in total. The number of hydrogen-bond donors (Lipinski definition) is 0. The maximum absolute atomic E-state index is 13.9. The fourth-order valence-electron chi connectivity index (χ4n) is 2.41. The maximum Gasteiger partial charge on any atom is 0.270 e. The number of nitrogens with zero attached hydrogens (tertiary/aromatic N) is 2. The van der Waals surface area contributed by atoms with Crippen molar-refractivity contribution in [3.8, 4) is 0 Å². The lowest BCUT2D eigenvalue weighted by Gasteiger charge is -2.12. The molecule has 3 aromatic rings. The Balaban J connectivity index is 2.19. The molecule has 1 heterocycles. The van der Waals surface area contributed by atoms with Gasteiger partial charge in [-0.3, -0.25) is 14.9 Å². The first-order chi connectivity index (χ1) is 11.0. The molecule has 0 bridgehead atoms. The standard InChI is InChI=1S/C16H10ClFN2O3/c17-13-2-1-3-14(18)12(13)9-19-15-6-5-11(20(22)23)8-10(15)4-7-16(19)21/h1-8H,9H2. The van der Waals surface area contributed by atoms with Gasteiger partial charge < -0.3 is 4.57 Å². The van der Waals surface area contributed by atoms with E-state index >= 15 is 0 Å². The van der Waals surface area contributed by atoms with Crippen LogP contribution < -0.4 is 5.56 Å². The van der Waals surface area contributed by atoms with Gasteiger partial charge in [0.2, 0.25) is 0 Å². The van der Waals surface area contributed by atoms with Crippen LogP contribution in [0.4, 0.5) is 10.1 Å². The number of non-ortho nitro benzene ring substituents is 1. The first kappa shape index (κ1) is 15.2. The average Bonchev–Trinajstić information content (AvgIpc) is 2.52. The lowest BCUT2D eigenvalue weighted by molar-refractivity contribution is -0.384. The Hall–Kier alpha value is -2.73. The summed E-state index contributed by atoms with van der Waals surface area (Å²) in [7, 11) is 0. The molecule has 0 saturated heterocycles. The van der Waals surface area contributed by atoms with Gasteiger partial charge in [0.25, 0.3) is 11.2 Å². The molecule has 0 atom stereocenters. The molecular formula is C16H10ClFN2O3. The second kappa shape index (κ2) is 5.81. The molecule has 0 aliphatic carbocycles. The highest BCUT2D eigenvalue weighted by atomic mass is 35.5. The predicted molar refractivity (Wildman–Crippen MR) is 85.4 cm³/mol. The van der Waals surface area contributed by atoms with Gasteiger partial charge in [0.15, 0.2) is 0 Å². The largest absolute Gasteiger partial charge is 0.304 e. The van der Waals surface area contributed by atoms with Gasteiger partial charge >= 0.3 is 0 Å². The molecule has 7 heteroatoms. The van der Waals surface area contributed by atoms with E-state index in [2.05, 4.69) is 0 Å². The van der Waals surface area contributed by atoms with Crippen molar-refractivity contribution >= 4 is 28.2 Å². The number of aromatic nitrogens is 1. The lowest BCUT2D eigenvalue weighted by Crippen LogP contribution is -2.20. The molecule has 0 aliphatic rings. The summed E-state index contributed by atoms with van der Waals surface area (Å²) in [5, 5.41) is 11.6. The number of nitro benzene ring substituents is 1. The first-order valence-electron chi connectivity index (χ1n) is 6.68. The summed E-state index contributed by atoms with van der Waals surface area (Å²) in [6, 6.07) is 11.2. The maximum atomic E-state index is 13.9. The van der Waals surface area contributed by atoms with Crippen LogP contribution in [-0.4, -0.2) is 9.49 Å². The SMILES string of the molecule is O=c1ccc2cc([N+](=O)[O-])ccc2n1Cc1c(F)cccc1Cl. The van der Waals surface area contributed by atoms with Crippen LogP contribution in [0.2, 0.25) is 5.02 Å². The van der Waals surface area contributed by atoms with Crippen LogP contribution in [0.25, 0.3) is 10.9 Å². The summed E-state index contributed by atoms with van der Waals surface area (Å²) in [6.07, 6.45) is 0. The third-order valence-electron chi connectivity index (χ3n) is 3.56. The van der Waals surface area contributed by atoms with E-state index in [0.29, 0.717) is 10.9 Å². The van der Waals surface area contributed by atoms with Crippen molar-refractivity contribution in [1.82, 2.24) is 4.57 Å². The van der Waals surface area contributed by atoms with E-state index < -0.39 is 10.7 Å². The minimum absolute atomic E-state index is 0.0561. The molecule has 0 saturated carbocycles. The molecule has 0 aliphatic heterocycles. The third kappa shape index (κ3) is 2.80. The summed E-state index contributed by atoms with van der Waals surface area (Å²) < 4.78 is 15.3. The number of halogens is 2. The molecule has 0 spiro atoms. The van der Waals surface area contributed by atoms with Gasteiger partial charge in [-0.15, -0.1) is 0 Å². The van der Waals surface area contributed by atoms with E-state index in [4.69, 9.17) is 11.6 Å². The minimum atomic E-state index is -0.511. The second-order valence-electron chi connectivity index (χ2n) is 4.96. The molecule has 1 aromatic heterocycles. The number of hydrogen-bond acceptors (Lipinski definition) is 3. The van der Waals surface area contributed by atoms with Crippen LogP contribution in [0.15, 0.2) is 53.3 Å². The van der Waals surface area contributed by atoms with Gasteiger partial charge in [-0.05, 0) is 24.3 Å². The Morgan fingerprint density at radius 2 is 1.96 bits per heavy atom.